The lowest BCUT2D eigenvalue weighted by Crippen LogP contribution is -2.14. The summed E-state index contributed by atoms with van der Waals surface area (Å²) in [4.78, 5) is 23.4. The van der Waals surface area contributed by atoms with Gasteiger partial charge in [-0.15, -0.1) is 0 Å². The summed E-state index contributed by atoms with van der Waals surface area (Å²) in [5, 5.41) is 0. The van der Waals surface area contributed by atoms with Gasteiger partial charge < -0.3 is 9.03 Å². The van der Waals surface area contributed by atoms with E-state index in [1.807, 2.05) is 0 Å². The number of rotatable bonds is 3. The first-order valence-electron chi connectivity index (χ1n) is 5.41. The molecule has 0 saturated heterocycles. The van der Waals surface area contributed by atoms with Gasteiger partial charge in [-0.05, 0) is 24.3 Å². The molecule has 0 N–H and O–H groups in total. The topological polar surface area (TPSA) is 52.6 Å². The summed E-state index contributed by atoms with van der Waals surface area (Å²) in [6, 6.07) is 14.7. The van der Waals surface area contributed by atoms with Crippen LogP contribution in [0.3, 0.4) is 0 Å². The van der Waals surface area contributed by atoms with Crippen molar-refractivity contribution in [2.75, 3.05) is 0 Å². The van der Waals surface area contributed by atoms with Crippen molar-refractivity contribution in [3.63, 3.8) is 0 Å². The third kappa shape index (κ3) is 3.11. The number of carbonyl (C=O) groups excluding carboxylic acids is 2. The van der Waals surface area contributed by atoms with Crippen LogP contribution in [0.5, 0.6) is 5.75 Å². The Morgan fingerprint density at radius 3 is 1.89 bits per heavy atom. The number of ether oxygens (including phenoxy) is 1. The van der Waals surface area contributed by atoms with Crippen molar-refractivity contribution in [2.45, 2.75) is 0 Å². The van der Waals surface area contributed by atoms with E-state index in [4.69, 9.17) is 16.6 Å². The van der Waals surface area contributed by atoms with Crippen LogP contribution in [0.4, 0.5) is 0 Å². The fraction of sp³-hybridized carbons (Fsp3) is 0. The van der Waals surface area contributed by atoms with Crippen LogP contribution >= 0.6 is 11.9 Å². The van der Waals surface area contributed by atoms with Gasteiger partial charge in [0.1, 0.15) is 17.6 Å². The second-order valence-electron chi connectivity index (χ2n) is 3.61. The Labute approximate surface area is 114 Å². The Morgan fingerprint density at radius 1 is 0.789 bits per heavy atom. The fourth-order valence-electron chi connectivity index (χ4n) is 1.53. The molecule has 96 valence electrons. The van der Waals surface area contributed by atoms with Crippen LogP contribution < -0.4 is 4.74 Å². The van der Waals surface area contributed by atoms with E-state index < -0.39 is 11.9 Å². The third-order valence-electron chi connectivity index (χ3n) is 2.39. The Bertz CT molecular complexity index is 595. The van der Waals surface area contributed by atoms with E-state index in [0.29, 0.717) is 5.75 Å². The Balaban J connectivity index is 2.27. The molecule has 0 amide bonds. The highest BCUT2D eigenvalue weighted by molar-refractivity contribution is 6.17. The molecule has 2 aromatic rings. The van der Waals surface area contributed by atoms with Gasteiger partial charge in [0.2, 0.25) is 0 Å². The predicted molar refractivity (Wildman–Crippen MR) is 69.1 cm³/mol. The first-order chi connectivity index (χ1) is 9.22. The molecule has 0 bridgehead atoms. The Kier molecular flexibility index (Phi) is 4.15. The van der Waals surface area contributed by atoms with Crippen LogP contribution in [0.1, 0.15) is 20.7 Å². The van der Waals surface area contributed by atoms with Gasteiger partial charge in [-0.1, -0.05) is 30.3 Å². The maximum atomic E-state index is 12.0. The van der Waals surface area contributed by atoms with E-state index in [1.54, 1.807) is 42.5 Å². The van der Waals surface area contributed by atoms with Crippen molar-refractivity contribution in [1.29, 1.82) is 0 Å². The van der Waals surface area contributed by atoms with Gasteiger partial charge in [0.25, 0.3) is 0 Å². The van der Waals surface area contributed by atoms with Crippen molar-refractivity contribution < 1.29 is 18.6 Å². The number of hydrogen-bond acceptors (Lipinski definition) is 4. The smallest absolute Gasteiger partial charge is 0.357 e. The van der Waals surface area contributed by atoms with E-state index in [2.05, 4.69) is 4.29 Å². The van der Waals surface area contributed by atoms with Crippen molar-refractivity contribution >= 4 is 23.8 Å². The SMILES string of the molecule is O=C(OCl)c1ccccc1C(=O)Oc1ccccc1. The average molecular weight is 277 g/mol. The lowest BCUT2D eigenvalue weighted by molar-refractivity contribution is 0.0699. The zero-order valence-corrected chi connectivity index (χ0v) is 10.5. The third-order valence-corrected chi connectivity index (χ3v) is 2.53. The molecule has 0 fully saturated rings. The molecule has 0 aliphatic carbocycles. The van der Waals surface area contributed by atoms with Crippen molar-refractivity contribution in [2.24, 2.45) is 0 Å². The minimum absolute atomic E-state index is 0.0541. The van der Waals surface area contributed by atoms with E-state index in [-0.39, 0.29) is 11.1 Å². The Morgan fingerprint density at radius 2 is 1.32 bits per heavy atom. The summed E-state index contributed by atoms with van der Waals surface area (Å²) in [6.07, 6.45) is 0. The highest BCUT2D eigenvalue weighted by Crippen LogP contribution is 2.16. The summed E-state index contributed by atoms with van der Waals surface area (Å²) in [5.41, 5.74) is 0.149. The second-order valence-corrected chi connectivity index (χ2v) is 3.77. The van der Waals surface area contributed by atoms with Gasteiger partial charge >= 0.3 is 11.9 Å². The second kappa shape index (κ2) is 6.02. The lowest BCUT2D eigenvalue weighted by atomic mass is 10.1. The van der Waals surface area contributed by atoms with Gasteiger partial charge in [-0.2, -0.15) is 0 Å². The highest BCUT2D eigenvalue weighted by atomic mass is 35.5. The zero-order valence-electron chi connectivity index (χ0n) is 9.71. The van der Waals surface area contributed by atoms with E-state index in [1.165, 1.54) is 12.1 Å². The maximum absolute atomic E-state index is 12.0. The monoisotopic (exact) mass is 276 g/mol. The minimum atomic E-state index is -0.803. The number of para-hydroxylation sites is 1. The summed E-state index contributed by atoms with van der Waals surface area (Å²) >= 11 is 5.02. The first-order valence-corrected chi connectivity index (χ1v) is 5.72. The number of carbonyl (C=O) groups is 2. The van der Waals surface area contributed by atoms with Crippen molar-refractivity contribution in [3.05, 3.63) is 65.7 Å². The number of benzene rings is 2. The molecule has 4 nitrogen and oxygen atoms in total. The molecule has 2 rings (SSSR count). The fourth-order valence-corrected chi connectivity index (χ4v) is 1.61. The standard InChI is InChI=1S/C14H9ClO4/c15-19-14(17)12-9-5-4-8-11(12)13(16)18-10-6-2-1-3-7-10/h1-9H. The van der Waals surface area contributed by atoms with Crippen molar-refractivity contribution in [1.82, 2.24) is 0 Å². The molecular weight excluding hydrogens is 268 g/mol. The molecule has 0 atom stereocenters. The van der Waals surface area contributed by atoms with Crippen LogP contribution in [0.2, 0.25) is 0 Å². The molecule has 0 radical (unpaired) electrons. The van der Waals surface area contributed by atoms with E-state index >= 15 is 0 Å². The lowest BCUT2D eigenvalue weighted by Gasteiger charge is -2.06. The molecule has 0 heterocycles. The van der Waals surface area contributed by atoms with E-state index in [0.717, 1.165) is 0 Å². The molecule has 19 heavy (non-hydrogen) atoms. The molecule has 0 aliphatic heterocycles. The molecule has 0 aliphatic rings. The number of esters is 1. The zero-order chi connectivity index (χ0) is 13.7. The van der Waals surface area contributed by atoms with Crippen LogP contribution in [-0.2, 0) is 4.29 Å². The molecule has 0 saturated carbocycles. The first kappa shape index (κ1) is 13.1. The molecule has 0 unspecified atom stereocenters. The van der Waals surface area contributed by atoms with Gasteiger partial charge in [-0.3, -0.25) is 0 Å². The predicted octanol–water partition coefficient (Wildman–Crippen LogP) is 3.22. The van der Waals surface area contributed by atoms with Gasteiger partial charge in [0, 0.05) is 0 Å². The van der Waals surface area contributed by atoms with Gasteiger partial charge in [-0.25, -0.2) is 9.59 Å². The molecule has 0 aromatic heterocycles. The van der Waals surface area contributed by atoms with Gasteiger partial charge in [0.15, 0.2) is 0 Å². The highest BCUT2D eigenvalue weighted by Gasteiger charge is 2.19. The molecular formula is C14H9ClO4. The number of hydrogen-bond donors (Lipinski definition) is 0. The van der Waals surface area contributed by atoms with Crippen molar-refractivity contribution in [3.8, 4) is 5.75 Å². The number of halogens is 1. The largest absolute Gasteiger partial charge is 0.423 e. The van der Waals surface area contributed by atoms with Crippen LogP contribution in [0.15, 0.2) is 54.6 Å². The molecule has 5 heteroatoms. The summed E-state index contributed by atoms with van der Waals surface area (Å²) in [6.45, 7) is 0. The minimum Gasteiger partial charge on any atom is -0.423 e. The maximum Gasteiger partial charge on any atom is 0.357 e. The van der Waals surface area contributed by atoms with Crippen LogP contribution in [0.25, 0.3) is 0 Å². The average Bonchev–Trinajstić information content (AvgIpc) is 2.47. The quantitative estimate of drug-likeness (QED) is 0.638. The molecule has 0 spiro atoms. The van der Waals surface area contributed by atoms with Gasteiger partial charge in [0.05, 0.1) is 11.1 Å². The van der Waals surface area contributed by atoms with E-state index in [9.17, 15) is 9.59 Å². The van der Waals surface area contributed by atoms with Crippen LogP contribution in [0, 0.1) is 0 Å². The summed E-state index contributed by atoms with van der Waals surface area (Å²) < 4.78 is 9.25. The van der Waals surface area contributed by atoms with Crippen LogP contribution in [-0.4, -0.2) is 11.9 Å². The summed E-state index contributed by atoms with van der Waals surface area (Å²) in [7, 11) is 0. The normalized spacial score (nSPS) is 9.74. The summed E-state index contributed by atoms with van der Waals surface area (Å²) in [5.74, 6) is -1.06. The Hall–Kier alpha value is -2.33. The molecule has 2 aromatic carbocycles.